The maximum Gasteiger partial charge on any atom is 0.306 e. The van der Waals surface area contributed by atoms with E-state index in [1.807, 2.05) is 6.92 Å². The number of methoxy groups -OCH3 is 2. The highest BCUT2D eigenvalue weighted by molar-refractivity contribution is 5.69. The molecule has 0 bridgehead atoms. The predicted octanol–water partition coefficient (Wildman–Crippen LogP) is 1.62. The van der Waals surface area contributed by atoms with Gasteiger partial charge in [-0.25, -0.2) is 0 Å². The first-order chi connectivity index (χ1) is 10.1. The molecule has 0 aliphatic carbocycles. The standard InChI is InChI=1S/C15H29NO5/c1-4-21-15(18)8-6-5-7-10-16(12-13-19-2)11-9-14(17)20-3/h4-13H2,1-3H3. The number of hydrogen-bond acceptors (Lipinski definition) is 6. The highest BCUT2D eigenvalue weighted by Crippen LogP contribution is 2.04. The molecule has 0 aliphatic heterocycles. The number of unbranched alkanes of at least 4 members (excludes halogenated alkanes) is 2. The van der Waals surface area contributed by atoms with Crippen molar-refractivity contribution >= 4 is 11.9 Å². The Hall–Kier alpha value is -1.14. The second-order valence-electron chi connectivity index (χ2n) is 4.78. The van der Waals surface area contributed by atoms with Crippen molar-refractivity contribution in [1.82, 2.24) is 4.90 Å². The van der Waals surface area contributed by atoms with Crippen LogP contribution in [-0.2, 0) is 23.8 Å². The van der Waals surface area contributed by atoms with E-state index in [-0.39, 0.29) is 11.9 Å². The Kier molecular flexibility index (Phi) is 13.1. The van der Waals surface area contributed by atoms with Gasteiger partial charge in [-0.2, -0.15) is 0 Å². The molecule has 6 heteroatoms. The second kappa shape index (κ2) is 13.8. The Morgan fingerprint density at radius 3 is 2.29 bits per heavy atom. The van der Waals surface area contributed by atoms with Gasteiger partial charge in [0, 0.05) is 26.6 Å². The number of carbonyl (C=O) groups is 2. The maximum absolute atomic E-state index is 11.2. The van der Waals surface area contributed by atoms with Gasteiger partial charge in [-0.15, -0.1) is 0 Å². The molecule has 0 aliphatic rings. The van der Waals surface area contributed by atoms with Crippen molar-refractivity contribution in [3.63, 3.8) is 0 Å². The maximum atomic E-state index is 11.2. The summed E-state index contributed by atoms with van der Waals surface area (Å²) in [4.78, 5) is 24.5. The minimum Gasteiger partial charge on any atom is -0.469 e. The molecule has 0 spiro atoms. The van der Waals surface area contributed by atoms with Crippen LogP contribution in [0.15, 0.2) is 0 Å². The van der Waals surface area contributed by atoms with Crippen LogP contribution in [0.5, 0.6) is 0 Å². The molecule has 0 N–H and O–H groups in total. The van der Waals surface area contributed by atoms with E-state index < -0.39 is 0 Å². The van der Waals surface area contributed by atoms with E-state index in [4.69, 9.17) is 9.47 Å². The summed E-state index contributed by atoms with van der Waals surface area (Å²) in [6, 6.07) is 0. The van der Waals surface area contributed by atoms with Gasteiger partial charge in [0.15, 0.2) is 0 Å². The van der Waals surface area contributed by atoms with Crippen molar-refractivity contribution in [2.24, 2.45) is 0 Å². The number of carbonyl (C=O) groups excluding carboxylic acids is 2. The molecule has 0 atom stereocenters. The first-order valence-corrected chi connectivity index (χ1v) is 7.57. The van der Waals surface area contributed by atoms with Gasteiger partial charge in [-0.3, -0.25) is 9.59 Å². The Bertz CT molecular complexity index is 283. The Balaban J connectivity index is 3.79. The smallest absolute Gasteiger partial charge is 0.306 e. The van der Waals surface area contributed by atoms with Crippen molar-refractivity contribution in [2.45, 2.75) is 39.0 Å². The van der Waals surface area contributed by atoms with E-state index in [2.05, 4.69) is 9.64 Å². The van der Waals surface area contributed by atoms with Crippen molar-refractivity contribution in [3.05, 3.63) is 0 Å². The van der Waals surface area contributed by atoms with Gasteiger partial charge >= 0.3 is 11.9 Å². The molecule has 21 heavy (non-hydrogen) atoms. The molecule has 0 aromatic rings. The minimum atomic E-state index is -0.195. The molecule has 6 nitrogen and oxygen atoms in total. The zero-order chi connectivity index (χ0) is 15.9. The molecular weight excluding hydrogens is 274 g/mol. The number of nitrogens with zero attached hydrogens (tertiary/aromatic N) is 1. The van der Waals surface area contributed by atoms with Crippen molar-refractivity contribution < 1.29 is 23.8 Å². The van der Waals surface area contributed by atoms with Crippen LogP contribution in [0.4, 0.5) is 0 Å². The normalized spacial score (nSPS) is 10.7. The number of rotatable bonds is 13. The van der Waals surface area contributed by atoms with Gasteiger partial charge in [0.2, 0.25) is 0 Å². The van der Waals surface area contributed by atoms with Gasteiger partial charge in [0.1, 0.15) is 0 Å². The highest BCUT2D eigenvalue weighted by atomic mass is 16.5. The zero-order valence-corrected chi connectivity index (χ0v) is 13.6. The highest BCUT2D eigenvalue weighted by Gasteiger charge is 2.08. The third kappa shape index (κ3) is 12.3. The summed E-state index contributed by atoms with van der Waals surface area (Å²) < 4.78 is 14.6. The minimum absolute atomic E-state index is 0.126. The second-order valence-corrected chi connectivity index (χ2v) is 4.78. The summed E-state index contributed by atoms with van der Waals surface area (Å²) in [5.74, 6) is -0.320. The first kappa shape index (κ1) is 19.9. The predicted molar refractivity (Wildman–Crippen MR) is 80.1 cm³/mol. The van der Waals surface area contributed by atoms with Crippen LogP contribution in [0.25, 0.3) is 0 Å². The van der Waals surface area contributed by atoms with Crippen LogP contribution < -0.4 is 0 Å². The van der Waals surface area contributed by atoms with E-state index >= 15 is 0 Å². The van der Waals surface area contributed by atoms with Crippen LogP contribution in [-0.4, -0.2) is 63.9 Å². The van der Waals surface area contributed by atoms with Crippen molar-refractivity contribution in [1.29, 1.82) is 0 Å². The Morgan fingerprint density at radius 2 is 1.67 bits per heavy atom. The Labute approximate surface area is 127 Å². The Morgan fingerprint density at radius 1 is 0.905 bits per heavy atom. The largest absolute Gasteiger partial charge is 0.469 e. The van der Waals surface area contributed by atoms with Gasteiger partial charge in [-0.1, -0.05) is 6.42 Å². The lowest BCUT2D eigenvalue weighted by atomic mass is 10.2. The fourth-order valence-electron chi connectivity index (χ4n) is 1.92. The third-order valence-corrected chi connectivity index (χ3v) is 3.13. The molecule has 0 aromatic heterocycles. The molecule has 124 valence electrons. The lowest BCUT2D eigenvalue weighted by Crippen LogP contribution is -2.31. The average Bonchev–Trinajstić information content (AvgIpc) is 2.48. The van der Waals surface area contributed by atoms with E-state index in [1.54, 1.807) is 7.11 Å². The van der Waals surface area contributed by atoms with Crippen LogP contribution in [0.2, 0.25) is 0 Å². The van der Waals surface area contributed by atoms with E-state index in [9.17, 15) is 9.59 Å². The lowest BCUT2D eigenvalue weighted by molar-refractivity contribution is -0.143. The first-order valence-electron chi connectivity index (χ1n) is 7.57. The molecule has 0 aromatic carbocycles. The van der Waals surface area contributed by atoms with Crippen molar-refractivity contribution in [2.75, 3.05) is 47.1 Å². The quantitative estimate of drug-likeness (QED) is 0.380. The molecule has 0 heterocycles. The molecule has 0 amide bonds. The number of ether oxygens (including phenoxy) is 3. The lowest BCUT2D eigenvalue weighted by Gasteiger charge is -2.21. The van der Waals surface area contributed by atoms with Gasteiger partial charge in [0.25, 0.3) is 0 Å². The van der Waals surface area contributed by atoms with Gasteiger partial charge in [0.05, 0.1) is 26.7 Å². The molecule has 0 saturated heterocycles. The van der Waals surface area contributed by atoms with E-state index in [1.165, 1.54) is 7.11 Å². The van der Waals surface area contributed by atoms with Crippen LogP contribution >= 0.6 is 0 Å². The summed E-state index contributed by atoms with van der Waals surface area (Å²) in [5.41, 5.74) is 0. The van der Waals surface area contributed by atoms with E-state index in [0.29, 0.717) is 32.6 Å². The fourth-order valence-corrected chi connectivity index (χ4v) is 1.92. The summed E-state index contributed by atoms with van der Waals surface area (Å²) in [5, 5.41) is 0. The van der Waals surface area contributed by atoms with Crippen LogP contribution in [0, 0.1) is 0 Å². The number of hydrogen-bond donors (Lipinski definition) is 0. The fraction of sp³-hybridized carbons (Fsp3) is 0.867. The molecule has 0 fully saturated rings. The third-order valence-electron chi connectivity index (χ3n) is 3.13. The topological polar surface area (TPSA) is 65.1 Å². The van der Waals surface area contributed by atoms with Crippen LogP contribution in [0.1, 0.15) is 39.0 Å². The summed E-state index contributed by atoms with van der Waals surface area (Å²) in [6.45, 7) is 5.26. The summed E-state index contributed by atoms with van der Waals surface area (Å²) >= 11 is 0. The number of esters is 2. The molecule has 0 unspecified atom stereocenters. The monoisotopic (exact) mass is 303 g/mol. The van der Waals surface area contributed by atoms with Gasteiger partial charge < -0.3 is 19.1 Å². The van der Waals surface area contributed by atoms with E-state index in [0.717, 1.165) is 32.4 Å². The summed E-state index contributed by atoms with van der Waals surface area (Å²) in [6.07, 6.45) is 3.68. The van der Waals surface area contributed by atoms with Gasteiger partial charge in [-0.05, 0) is 26.3 Å². The molecular formula is C15H29NO5. The average molecular weight is 303 g/mol. The van der Waals surface area contributed by atoms with Crippen LogP contribution in [0.3, 0.4) is 0 Å². The molecule has 0 saturated carbocycles. The molecule has 0 rings (SSSR count). The SMILES string of the molecule is CCOC(=O)CCCCCN(CCOC)CCC(=O)OC. The zero-order valence-electron chi connectivity index (χ0n) is 13.6. The van der Waals surface area contributed by atoms with Crippen molar-refractivity contribution in [3.8, 4) is 0 Å². The molecule has 0 radical (unpaired) electrons. The summed E-state index contributed by atoms with van der Waals surface area (Å²) in [7, 11) is 3.06.